The molecule has 2 N–H and O–H groups in total. The average molecular weight is 286 g/mol. The molecule has 0 spiro atoms. The van der Waals surface area contributed by atoms with E-state index < -0.39 is 5.91 Å². The molecule has 1 rings (SSSR count). The van der Waals surface area contributed by atoms with Crippen LogP contribution in [0.1, 0.15) is 30.6 Å². The first-order chi connectivity index (χ1) is 7.54. The van der Waals surface area contributed by atoms with Crippen molar-refractivity contribution in [3.8, 4) is 5.75 Å². The monoisotopic (exact) mass is 285 g/mol. The summed E-state index contributed by atoms with van der Waals surface area (Å²) in [7, 11) is 0. The van der Waals surface area contributed by atoms with Crippen molar-refractivity contribution >= 4 is 21.8 Å². The van der Waals surface area contributed by atoms with Gasteiger partial charge in [-0.15, -0.1) is 0 Å². The van der Waals surface area contributed by atoms with E-state index in [0.29, 0.717) is 23.8 Å². The van der Waals surface area contributed by atoms with Gasteiger partial charge in [-0.3, -0.25) is 4.79 Å². The highest BCUT2D eigenvalue weighted by molar-refractivity contribution is 9.10. The van der Waals surface area contributed by atoms with Crippen molar-refractivity contribution in [2.24, 2.45) is 11.7 Å². The molecule has 0 saturated carbocycles. The zero-order valence-corrected chi connectivity index (χ0v) is 11.1. The Labute approximate surface area is 104 Å². The summed E-state index contributed by atoms with van der Waals surface area (Å²) in [6.07, 6.45) is 1.04. The third-order valence-corrected chi connectivity index (χ3v) is 2.92. The highest BCUT2D eigenvalue weighted by Crippen LogP contribution is 2.23. The molecule has 3 nitrogen and oxygen atoms in total. The maximum atomic E-state index is 11.2. The molecule has 0 aliphatic rings. The molecule has 1 aromatic rings. The molecule has 0 heterocycles. The largest absolute Gasteiger partial charge is 0.492 e. The van der Waals surface area contributed by atoms with Gasteiger partial charge < -0.3 is 10.5 Å². The summed E-state index contributed by atoms with van der Waals surface area (Å²) in [6.45, 7) is 4.80. The summed E-state index contributed by atoms with van der Waals surface area (Å²) in [5, 5.41) is 0. The van der Waals surface area contributed by atoms with E-state index in [2.05, 4.69) is 29.8 Å². The summed E-state index contributed by atoms with van der Waals surface area (Å²) in [5.74, 6) is 0.542. The summed E-state index contributed by atoms with van der Waals surface area (Å²) < 4.78 is 6.40. The first kappa shape index (κ1) is 13.0. The molecule has 0 fully saturated rings. The maximum absolute atomic E-state index is 11.2. The Morgan fingerprint density at radius 2 is 2.25 bits per heavy atom. The summed E-state index contributed by atoms with van der Waals surface area (Å²) >= 11 is 3.29. The van der Waals surface area contributed by atoms with Crippen LogP contribution in [-0.2, 0) is 0 Å². The van der Waals surface area contributed by atoms with E-state index in [1.165, 1.54) is 0 Å². The van der Waals surface area contributed by atoms with Crippen molar-refractivity contribution in [2.75, 3.05) is 6.61 Å². The second-order valence-corrected chi connectivity index (χ2v) is 4.74. The number of amides is 1. The first-order valence-electron chi connectivity index (χ1n) is 5.26. The second-order valence-electron chi connectivity index (χ2n) is 3.83. The molecule has 1 amide bonds. The molecule has 1 atom stereocenters. The lowest BCUT2D eigenvalue weighted by molar-refractivity contribution is 0.0995. The highest BCUT2D eigenvalue weighted by atomic mass is 79.9. The van der Waals surface area contributed by atoms with E-state index in [4.69, 9.17) is 10.5 Å². The normalized spacial score (nSPS) is 12.2. The van der Waals surface area contributed by atoms with Gasteiger partial charge in [-0.1, -0.05) is 36.2 Å². The van der Waals surface area contributed by atoms with Gasteiger partial charge in [0.2, 0.25) is 0 Å². The van der Waals surface area contributed by atoms with Crippen LogP contribution < -0.4 is 10.5 Å². The molecule has 0 radical (unpaired) electrons. The Hall–Kier alpha value is -1.03. The summed E-state index contributed by atoms with van der Waals surface area (Å²) in [5.41, 5.74) is 5.70. The topological polar surface area (TPSA) is 52.3 Å². The fraction of sp³-hybridized carbons (Fsp3) is 0.417. The Kier molecular flexibility index (Phi) is 4.80. The quantitative estimate of drug-likeness (QED) is 0.904. The van der Waals surface area contributed by atoms with Crippen molar-refractivity contribution in [1.82, 2.24) is 0 Å². The lowest BCUT2D eigenvalue weighted by Gasteiger charge is -2.13. The van der Waals surface area contributed by atoms with Gasteiger partial charge in [0.25, 0.3) is 5.91 Å². The van der Waals surface area contributed by atoms with Gasteiger partial charge >= 0.3 is 0 Å². The van der Waals surface area contributed by atoms with Crippen LogP contribution in [0.15, 0.2) is 22.7 Å². The van der Waals surface area contributed by atoms with Crippen molar-refractivity contribution in [3.05, 3.63) is 28.2 Å². The van der Waals surface area contributed by atoms with Gasteiger partial charge in [0.05, 0.1) is 12.2 Å². The maximum Gasteiger partial charge on any atom is 0.252 e. The molecule has 0 aliphatic heterocycles. The minimum absolute atomic E-state index is 0.415. The van der Waals surface area contributed by atoms with Crippen LogP contribution in [0.4, 0.5) is 0 Å². The molecule has 0 aromatic heterocycles. The van der Waals surface area contributed by atoms with Crippen LogP contribution in [0, 0.1) is 5.92 Å². The number of primary amides is 1. The molecule has 0 saturated heterocycles. The SMILES string of the molecule is CC[C@H](C)COc1ccc(Br)cc1C(N)=O. The zero-order valence-electron chi connectivity index (χ0n) is 9.50. The van der Waals surface area contributed by atoms with E-state index in [1.54, 1.807) is 12.1 Å². The molecule has 88 valence electrons. The van der Waals surface area contributed by atoms with Gasteiger partial charge in [-0.05, 0) is 24.1 Å². The lowest BCUT2D eigenvalue weighted by atomic mass is 10.1. The van der Waals surface area contributed by atoms with E-state index in [-0.39, 0.29) is 0 Å². The fourth-order valence-electron chi connectivity index (χ4n) is 1.17. The third kappa shape index (κ3) is 3.52. The molecule has 0 unspecified atom stereocenters. The third-order valence-electron chi connectivity index (χ3n) is 2.43. The van der Waals surface area contributed by atoms with Gasteiger partial charge in [0.1, 0.15) is 5.75 Å². The Morgan fingerprint density at radius 3 is 2.81 bits per heavy atom. The number of nitrogens with two attached hydrogens (primary N) is 1. The molecule has 0 aliphatic carbocycles. The smallest absolute Gasteiger partial charge is 0.252 e. The van der Waals surface area contributed by atoms with Crippen molar-refractivity contribution in [2.45, 2.75) is 20.3 Å². The van der Waals surface area contributed by atoms with Gasteiger partial charge in [-0.25, -0.2) is 0 Å². The van der Waals surface area contributed by atoms with Crippen molar-refractivity contribution in [3.63, 3.8) is 0 Å². The Balaban J connectivity index is 2.82. The summed E-state index contributed by atoms with van der Waals surface area (Å²) in [4.78, 5) is 11.2. The van der Waals surface area contributed by atoms with E-state index in [1.807, 2.05) is 6.07 Å². The van der Waals surface area contributed by atoms with Crippen LogP contribution in [0.3, 0.4) is 0 Å². The van der Waals surface area contributed by atoms with Crippen LogP contribution in [0.5, 0.6) is 5.75 Å². The summed E-state index contributed by atoms with van der Waals surface area (Å²) in [6, 6.07) is 5.26. The number of ether oxygens (including phenoxy) is 1. The zero-order chi connectivity index (χ0) is 12.1. The molecule has 1 aromatic carbocycles. The molecule has 0 bridgehead atoms. The van der Waals surface area contributed by atoms with E-state index >= 15 is 0 Å². The standard InChI is InChI=1S/C12H16BrNO2/c1-3-8(2)7-16-11-5-4-9(13)6-10(11)12(14)15/h4-6,8H,3,7H2,1-2H3,(H2,14,15)/t8-/m0/s1. The average Bonchev–Trinajstić information content (AvgIpc) is 2.26. The highest BCUT2D eigenvalue weighted by Gasteiger charge is 2.10. The predicted octanol–water partition coefficient (Wildman–Crippen LogP) is 2.97. The number of hydrogen-bond donors (Lipinski definition) is 1. The fourth-order valence-corrected chi connectivity index (χ4v) is 1.53. The molecule has 4 heteroatoms. The minimum Gasteiger partial charge on any atom is -0.492 e. The minimum atomic E-state index is -0.472. The first-order valence-corrected chi connectivity index (χ1v) is 6.06. The predicted molar refractivity (Wildman–Crippen MR) is 67.6 cm³/mol. The van der Waals surface area contributed by atoms with Crippen molar-refractivity contribution in [1.29, 1.82) is 0 Å². The molecular formula is C12H16BrNO2. The number of carbonyl (C=O) groups is 1. The molecular weight excluding hydrogens is 270 g/mol. The molecule has 16 heavy (non-hydrogen) atoms. The lowest BCUT2D eigenvalue weighted by Crippen LogP contribution is -2.15. The van der Waals surface area contributed by atoms with Crippen LogP contribution in [-0.4, -0.2) is 12.5 Å². The second kappa shape index (κ2) is 5.89. The number of rotatable bonds is 5. The van der Waals surface area contributed by atoms with Crippen LogP contribution in [0.2, 0.25) is 0 Å². The number of halogens is 1. The number of hydrogen-bond acceptors (Lipinski definition) is 2. The Morgan fingerprint density at radius 1 is 1.56 bits per heavy atom. The Bertz CT molecular complexity index is 379. The van der Waals surface area contributed by atoms with Gasteiger partial charge in [0, 0.05) is 4.47 Å². The van der Waals surface area contributed by atoms with Gasteiger partial charge in [-0.2, -0.15) is 0 Å². The number of carbonyl (C=O) groups excluding carboxylic acids is 1. The van der Waals surface area contributed by atoms with E-state index in [9.17, 15) is 4.79 Å². The van der Waals surface area contributed by atoms with Crippen molar-refractivity contribution < 1.29 is 9.53 Å². The number of benzene rings is 1. The van der Waals surface area contributed by atoms with Gasteiger partial charge in [0.15, 0.2) is 0 Å². The van der Waals surface area contributed by atoms with Crippen LogP contribution >= 0.6 is 15.9 Å². The van der Waals surface area contributed by atoms with Crippen LogP contribution in [0.25, 0.3) is 0 Å². The van der Waals surface area contributed by atoms with E-state index in [0.717, 1.165) is 10.9 Å².